The fraction of sp³-hybridized carbons (Fsp3) is 0.444. The molecule has 1 aromatic carbocycles. The third-order valence-electron chi connectivity index (χ3n) is 4.57. The molecule has 4 nitrogen and oxygen atoms in total. The summed E-state index contributed by atoms with van der Waals surface area (Å²) in [6, 6.07) is 8.61. The minimum absolute atomic E-state index is 0.843. The zero-order valence-corrected chi connectivity index (χ0v) is 13.7. The number of piperazine rings is 1. The Morgan fingerprint density at radius 1 is 1.00 bits per heavy atom. The van der Waals surface area contributed by atoms with Gasteiger partial charge in [-0.3, -0.25) is 4.90 Å². The molecule has 3 rings (SSSR count). The Morgan fingerprint density at radius 3 is 2.50 bits per heavy atom. The topological polar surface area (TPSA) is 32.3 Å². The van der Waals surface area contributed by atoms with Crippen molar-refractivity contribution in [3.05, 3.63) is 53.0 Å². The van der Waals surface area contributed by atoms with E-state index >= 15 is 0 Å². The van der Waals surface area contributed by atoms with E-state index in [-0.39, 0.29) is 0 Å². The molecular weight excluding hydrogens is 272 g/mol. The van der Waals surface area contributed by atoms with E-state index in [1.165, 1.54) is 16.7 Å². The first-order valence-corrected chi connectivity index (χ1v) is 7.95. The maximum absolute atomic E-state index is 4.53. The van der Waals surface area contributed by atoms with Crippen molar-refractivity contribution >= 4 is 5.82 Å². The highest BCUT2D eigenvalue weighted by atomic mass is 15.3. The second kappa shape index (κ2) is 6.44. The molecule has 0 aliphatic carbocycles. The molecule has 0 unspecified atom stereocenters. The van der Waals surface area contributed by atoms with Crippen LogP contribution in [0.4, 0.5) is 5.82 Å². The van der Waals surface area contributed by atoms with Gasteiger partial charge in [-0.25, -0.2) is 9.97 Å². The van der Waals surface area contributed by atoms with Gasteiger partial charge in [0.2, 0.25) is 0 Å². The Bertz CT molecular complexity index is 645. The summed E-state index contributed by atoms with van der Waals surface area (Å²) < 4.78 is 0. The van der Waals surface area contributed by atoms with E-state index in [2.05, 4.69) is 51.8 Å². The highest BCUT2D eigenvalue weighted by Gasteiger charge is 2.18. The molecule has 0 saturated carbocycles. The summed E-state index contributed by atoms with van der Waals surface area (Å²) >= 11 is 0. The smallest absolute Gasteiger partial charge is 0.132 e. The molecule has 0 N–H and O–H groups in total. The van der Waals surface area contributed by atoms with Crippen LogP contribution in [0.15, 0.2) is 30.5 Å². The number of benzene rings is 1. The molecule has 4 heteroatoms. The number of rotatable bonds is 3. The minimum atomic E-state index is 0.843. The lowest BCUT2D eigenvalue weighted by atomic mass is 10.0. The van der Waals surface area contributed by atoms with Crippen molar-refractivity contribution in [1.29, 1.82) is 0 Å². The third kappa shape index (κ3) is 3.28. The van der Waals surface area contributed by atoms with Crippen molar-refractivity contribution in [2.24, 2.45) is 0 Å². The van der Waals surface area contributed by atoms with E-state index < -0.39 is 0 Å². The summed E-state index contributed by atoms with van der Waals surface area (Å²) in [4.78, 5) is 13.6. The lowest BCUT2D eigenvalue weighted by Crippen LogP contribution is -2.46. The van der Waals surface area contributed by atoms with Crippen molar-refractivity contribution in [3.8, 4) is 0 Å². The molecule has 0 atom stereocenters. The van der Waals surface area contributed by atoms with Gasteiger partial charge in [0.25, 0.3) is 0 Å². The third-order valence-corrected chi connectivity index (χ3v) is 4.57. The summed E-state index contributed by atoms with van der Waals surface area (Å²) in [7, 11) is 0. The summed E-state index contributed by atoms with van der Waals surface area (Å²) in [5.74, 6) is 1.90. The molecule has 1 aliphatic rings. The zero-order valence-electron chi connectivity index (χ0n) is 13.7. The fourth-order valence-corrected chi connectivity index (χ4v) is 2.98. The van der Waals surface area contributed by atoms with Crippen molar-refractivity contribution < 1.29 is 0 Å². The molecule has 0 radical (unpaired) electrons. The van der Waals surface area contributed by atoms with E-state index in [4.69, 9.17) is 0 Å². The standard InChI is InChI=1S/C18H24N4/c1-14-5-4-6-17(15(14)2)13-21-9-11-22(12-10-21)18-7-8-19-16(3)20-18/h4-8H,9-13H2,1-3H3. The molecule has 0 bridgehead atoms. The Morgan fingerprint density at radius 2 is 1.77 bits per heavy atom. The fourth-order valence-electron chi connectivity index (χ4n) is 2.98. The van der Waals surface area contributed by atoms with Crippen LogP contribution in [0.5, 0.6) is 0 Å². The SMILES string of the molecule is Cc1nccc(N2CCN(Cc3cccc(C)c3C)CC2)n1. The average Bonchev–Trinajstić information content (AvgIpc) is 2.53. The van der Waals surface area contributed by atoms with Gasteiger partial charge < -0.3 is 4.90 Å². The van der Waals surface area contributed by atoms with Gasteiger partial charge in [0, 0.05) is 38.9 Å². The molecule has 1 fully saturated rings. The quantitative estimate of drug-likeness (QED) is 0.872. The molecule has 2 heterocycles. The number of hydrogen-bond acceptors (Lipinski definition) is 4. The van der Waals surface area contributed by atoms with Crippen LogP contribution in [-0.4, -0.2) is 41.0 Å². The lowest BCUT2D eigenvalue weighted by Gasteiger charge is -2.35. The first kappa shape index (κ1) is 15.0. The normalized spacial score (nSPS) is 16.0. The molecule has 1 aromatic heterocycles. The van der Waals surface area contributed by atoms with Crippen LogP contribution < -0.4 is 4.90 Å². The van der Waals surface area contributed by atoms with Gasteiger partial charge in [0.15, 0.2) is 0 Å². The molecule has 0 spiro atoms. The number of anilines is 1. The first-order chi connectivity index (χ1) is 10.6. The number of nitrogens with zero attached hydrogens (tertiary/aromatic N) is 4. The van der Waals surface area contributed by atoms with Crippen molar-refractivity contribution in [3.63, 3.8) is 0 Å². The van der Waals surface area contributed by atoms with E-state index in [1.807, 2.05) is 19.2 Å². The number of hydrogen-bond donors (Lipinski definition) is 0. The van der Waals surface area contributed by atoms with Crippen molar-refractivity contribution in [2.45, 2.75) is 27.3 Å². The highest BCUT2D eigenvalue weighted by Crippen LogP contribution is 2.18. The van der Waals surface area contributed by atoms with Crippen LogP contribution in [0.3, 0.4) is 0 Å². The highest BCUT2D eigenvalue weighted by molar-refractivity contribution is 5.38. The number of aryl methyl sites for hydroxylation is 2. The molecule has 2 aromatic rings. The van der Waals surface area contributed by atoms with Crippen LogP contribution in [0.2, 0.25) is 0 Å². The number of aromatic nitrogens is 2. The Labute approximate surface area is 132 Å². The minimum Gasteiger partial charge on any atom is -0.354 e. The molecule has 1 saturated heterocycles. The van der Waals surface area contributed by atoms with Gasteiger partial charge in [-0.2, -0.15) is 0 Å². The molecular formula is C18H24N4. The summed E-state index contributed by atoms with van der Waals surface area (Å²) in [6.07, 6.45) is 1.85. The maximum atomic E-state index is 4.53. The molecule has 116 valence electrons. The zero-order chi connectivity index (χ0) is 15.5. The van der Waals surface area contributed by atoms with Gasteiger partial charge in [-0.1, -0.05) is 18.2 Å². The monoisotopic (exact) mass is 296 g/mol. The Hall–Kier alpha value is -1.94. The molecule has 1 aliphatic heterocycles. The van der Waals surface area contributed by atoms with Crippen LogP contribution in [-0.2, 0) is 6.54 Å². The van der Waals surface area contributed by atoms with E-state index in [0.717, 1.165) is 44.4 Å². The van der Waals surface area contributed by atoms with Crippen LogP contribution in [0.1, 0.15) is 22.5 Å². The predicted octanol–water partition coefficient (Wildman–Crippen LogP) is 2.72. The summed E-state index contributed by atoms with van der Waals surface area (Å²) in [6.45, 7) is 11.6. The van der Waals surface area contributed by atoms with Gasteiger partial charge in [-0.15, -0.1) is 0 Å². The lowest BCUT2D eigenvalue weighted by molar-refractivity contribution is 0.249. The first-order valence-electron chi connectivity index (χ1n) is 7.95. The van der Waals surface area contributed by atoms with E-state index in [0.29, 0.717) is 0 Å². The molecule has 22 heavy (non-hydrogen) atoms. The van der Waals surface area contributed by atoms with E-state index in [9.17, 15) is 0 Å². The van der Waals surface area contributed by atoms with Crippen molar-refractivity contribution in [1.82, 2.24) is 14.9 Å². The predicted molar refractivity (Wildman–Crippen MR) is 90.2 cm³/mol. The second-order valence-electron chi connectivity index (χ2n) is 6.08. The van der Waals surface area contributed by atoms with Gasteiger partial charge >= 0.3 is 0 Å². The van der Waals surface area contributed by atoms with Crippen molar-refractivity contribution in [2.75, 3.05) is 31.1 Å². The maximum Gasteiger partial charge on any atom is 0.132 e. The summed E-state index contributed by atoms with van der Waals surface area (Å²) in [5.41, 5.74) is 4.26. The Kier molecular flexibility index (Phi) is 4.39. The van der Waals surface area contributed by atoms with Crippen LogP contribution in [0.25, 0.3) is 0 Å². The van der Waals surface area contributed by atoms with Gasteiger partial charge in [0.05, 0.1) is 0 Å². The van der Waals surface area contributed by atoms with Gasteiger partial charge in [0.1, 0.15) is 11.6 Å². The van der Waals surface area contributed by atoms with E-state index in [1.54, 1.807) is 0 Å². The van der Waals surface area contributed by atoms with Crippen LogP contribution >= 0.6 is 0 Å². The second-order valence-corrected chi connectivity index (χ2v) is 6.08. The largest absolute Gasteiger partial charge is 0.354 e. The summed E-state index contributed by atoms with van der Waals surface area (Å²) in [5, 5.41) is 0. The average molecular weight is 296 g/mol. The van der Waals surface area contributed by atoms with Crippen LogP contribution in [0, 0.1) is 20.8 Å². The Balaban J connectivity index is 1.61. The molecule has 0 amide bonds. The van der Waals surface area contributed by atoms with Gasteiger partial charge in [-0.05, 0) is 43.5 Å².